The molecule has 0 aliphatic heterocycles. The molecule has 0 aliphatic rings. The van der Waals surface area contributed by atoms with E-state index in [4.69, 9.17) is 0 Å². The number of hydrogen-bond donors (Lipinski definition) is 0. The van der Waals surface area contributed by atoms with Crippen molar-refractivity contribution in [3.8, 4) is 0 Å². The zero-order valence-corrected chi connectivity index (χ0v) is 14.5. The van der Waals surface area contributed by atoms with E-state index in [1.165, 1.54) is 0 Å². The SMILES string of the molecule is Cn1cnc(Cn2cc(S(=O)(=O)c3ccccc3)c3ccccc32)c1. The lowest BCUT2D eigenvalue weighted by Gasteiger charge is -2.02. The summed E-state index contributed by atoms with van der Waals surface area (Å²) in [5, 5.41) is 0.724. The predicted octanol–water partition coefficient (Wildman–Crippen LogP) is 3.26. The van der Waals surface area contributed by atoms with E-state index in [0.29, 0.717) is 16.3 Å². The maximum absolute atomic E-state index is 13.1. The summed E-state index contributed by atoms with van der Waals surface area (Å²) < 4.78 is 30.0. The summed E-state index contributed by atoms with van der Waals surface area (Å²) in [5.74, 6) is 0. The first kappa shape index (κ1) is 15.7. The minimum atomic E-state index is -3.58. The van der Waals surface area contributed by atoms with Crippen LogP contribution in [0, 0.1) is 0 Å². The van der Waals surface area contributed by atoms with Crippen molar-refractivity contribution >= 4 is 20.7 Å². The highest BCUT2D eigenvalue weighted by Crippen LogP contribution is 2.30. The third-order valence-electron chi connectivity index (χ3n) is 4.19. The van der Waals surface area contributed by atoms with Crippen molar-refractivity contribution in [2.24, 2.45) is 7.05 Å². The van der Waals surface area contributed by atoms with Crippen molar-refractivity contribution in [3.63, 3.8) is 0 Å². The van der Waals surface area contributed by atoms with Gasteiger partial charge in [-0.1, -0.05) is 36.4 Å². The standard InChI is InChI=1S/C19H17N3O2S/c1-21-11-15(20-14-21)12-22-13-19(17-9-5-6-10-18(17)22)25(23,24)16-7-3-2-4-8-16/h2-11,13-14H,12H2,1H3. The molecule has 0 aliphatic carbocycles. The largest absolute Gasteiger partial charge is 0.340 e. The second-order valence-corrected chi connectivity index (χ2v) is 7.90. The Kier molecular flexibility index (Phi) is 3.69. The molecule has 5 nitrogen and oxygen atoms in total. The van der Waals surface area contributed by atoms with Crippen LogP contribution in [0.1, 0.15) is 5.69 Å². The molecule has 6 heteroatoms. The Bertz CT molecular complexity index is 1140. The summed E-state index contributed by atoms with van der Waals surface area (Å²) in [6, 6.07) is 16.1. The number of hydrogen-bond acceptors (Lipinski definition) is 3. The number of benzene rings is 2. The molecule has 0 spiro atoms. The maximum atomic E-state index is 13.1. The lowest BCUT2D eigenvalue weighted by atomic mass is 10.2. The third kappa shape index (κ3) is 2.74. The molecular formula is C19H17N3O2S. The van der Waals surface area contributed by atoms with E-state index in [9.17, 15) is 8.42 Å². The monoisotopic (exact) mass is 351 g/mol. The molecule has 25 heavy (non-hydrogen) atoms. The van der Waals surface area contributed by atoms with Crippen LogP contribution in [-0.4, -0.2) is 22.5 Å². The number of nitrogens with zero attached hydrogens (tertiary/aromatic N) is 3. The van der Waals surface area contributed by atoms with Crippen LogP contribution < -0.4 is 0 Å². The molecule has 0 saturated carbocycles. The number of rotatable bonds is 4. The Balaban J connectivity index is 1.88. The summed E-state index contributed by atoms with van der Waals surface area (Å²) >= 11 is 0. The number of aromatic nitrogens is 3. The van der Waals surface area contributed by atoms with Crippen LogP contribution in [0.15, 0.2) is 83.1 Å². The van der Waals surface area contributed by atoms with Crippen LogP contribution in [0.2, 0.25) is 0 Å². The van der Waals surface area contributed by atoms with Crippen molar-refractivity contribution in [1.29, 1.82) is 0 Å². The number of para-hydroxylation sites is 1. The van der Waals surface area contributed by atoms with Gasteiger partial charge in [-0.2, -0.15) is 0 Å². The van der Waals surface area contributed by atoms with Crippen LogP contribution in [0.3, 0.4) is 0 Å². The molecule has 0 radical (unpaired) electrons. The van der Waals surface area contributed by atoms with Crippen LogP contribution in [0.25, 0.3) is 10.9 Å². The van der Waals surface area contributed by atoms with Gasteiger partial charge >= 0.3 is 0 Å². The molecule has 0 unspecified atom stereocenters. The molecule has 0 amide bonds. The molecule has 0 N–H and O–H groups in total. The van der Waals surface area contributed by atoms with E-state index in [1.54, 1.807) is 36.8 Å². The Morgan fingerprint density at radius 3 is 2.40 bits per heavy atom. The van der Waals surface area contributed by atoms with Crippen LogP contribution in [0.4, 0.5) is 0 Å². The minimum absolute atomic E-state index is 0.302. The normalized spacial score (nSPS) is 11.9. The fourth-order valence-corrected chi connectivity index (χ4v) is 4.51. The van der Waals surface area contributed by atoms with Gasteiger partial charge in [-0.15, -0.1) is 0 Å². The van der Waals surface area contributed by atoms with Gasteiger partial charge in [-0.05, 0) is 18.2 Å². The number of aryl methyl sites for hydroxylation is 1. The fraction of sp³-hybridized carbons (Fsp3) is 0.105. The molecule has 2 aromatic carbocycles. The average Bonchev–Trinajstić information content (AvgIpc) is 3.20. The van der Waals surface area contributed by atoms with Crippen molar-refractivity contribution in [3.05, 3.63) is 79.0 Å². The number of imidazole rings is 1. The van der Waals surface area contributed by atoms with Crippen molar-refractivity contribution in [2.75, 3.05) is 0 Å². The Morgan fingerprint density at radius 1 is 0.960 bits per heavy atom. The molecule has 2 aromatic heterocycles. The fourth-order valence-electron chi connectivity index (χ4n) is 3.01. The first-order valence-electron chi connectivity index (χ1n) is 7.90. The summed E-state index contributed by atoms with van der Waals surface area (Å²) in [7, 11) is -1.67. The third-order valence-corrected chi connectivity index (χ3v) is 5.98. The van der Waals surface area contributed by atoms with Gasteiger partial charge < -0.3 is 9.13 Å². The Morgan fingerprint density at radius 2 is 1.68 bits per heavy atom. The summed E-state index contributed by atoms with van der Waals surface area (Å²) in [5.41, 5.74) is 1.76. The van der Waals surface area contributed by atoms with E-state index in [0.717, 1.165) is 16.6 Å². The first-order valence-corrected chi connectivity index (χ1v) is 9.39. The van der Waals surface area contributed by atoms with E-state index in [-0.39, 0.29) is 0 Å². The van der Waals surface area contributed by atoms with Gasteiger partial charge in [-0.3, -0.25) is 0 Å². The van der Waals surface area contributed by atoms with E-state index >= 15 is 0 Å². The van der Waals surface area contributed by atoms with Gasteiger partial charge in [0.15, 0.2) is 0 Å². The molecule has 4 aromatic rings. The summed E-state index contributed by atoms with van der Waals surface area (Å²) in [6.45, 7) is 0.520. The van der Waals surface area contributed by atoms with Gasteiger partial charge in [0, 0.05) is 30.3 Å². The smallest absolute Gasteiger partial charge is 0.208 e. The van der Waals surface area contributed by atoms with Gasteiger partial charge in [0.05, 0.1) is 28.4 Å². The number of fused-ring (bicyclic) bond motifs is 1. The van der Waals surface area contributed by atoms with E-state index in [1.807, 2.05) is 52.7 Å². The lowest BCUT2D eigenvalue weighted by Crippen LogP contribution is -2.02. The van der Waals surface area contributed by atoms with E-state index in [2.05, 4.69) is 4.98 Å². The number of sulfone groups is 1. The summed E-state index contributed by atoms with van der Waals surface area (Å²) in [4.78, 5) is 4.97. The highest BCUT2D eigenvalue weighted by atomic mass is 32.2. The predicted molar refractivity (Wildman–Crippen MR) is 96.1 cm³/mol. The average molecular weight is 351 g/mol. The summed E-state index contributed by atoms with van der Waals surface area (Å²) in [6.07, 6.45) is 5.38. The van der Waals surface area contributed by atoms with Crippen molar-refractivity contribution < 1.29 is 8.42 Å². The molecular weight excluding hydrogens is 334 g/mol. The lowest BCUT2D eigenvalue weighted by molar-refractivity contribution is 0.596. The van der Waals surface area contributed by atoms with Gasteiger partial charge in [0.2, 0.25) is 9.84 Å². The van der Waals surface area contributed by atoms with Gasteiger partial charge in [-0.25, -0.2) is 13.4 Å². The Hall–Kier alpha value is -2.86. The van der Waals surface area contributed by atoms with Crippen LogP contribution in [0.5, 0.6) is 0 Å². The van der Waals surface area contributed by atoms with Crippen molar-refractivity contribution in [1.82, 2.24) is 14.1 Å². The highest BCUT2D eigenvalue weighted by Gasteiger charge is 2.23. The van der Waals surface area contributed by atoms with Gasteiger partial charge in [0.25, 0.3) is 0 Å². The molecule has 0 saturated heterocycles. The van der Waals surface area contributed by atoms with Crippen LogP contribution in [-0.2, 0) is 23.4 Å². The van der Waals surface area contributed by atoms with Crippen LogP contribution >= 0.6 is 0 Å². The second-order valence-electron chi connectivity index (χ2n) is 5.99. The second kappa shape index (κ2) is 5.89. The molecule has 2 heterocycles. The Labute approximate surface area is 146 Å². The maximum Gasteiger partial charge on any atom is 0.208 e. The molecule has 0 bridgehead atoms. The van der Waals surface area contributed by atoms with E-state index < -0.39 is 9.84 Å². The molecule has 4 rings (SSSR count). The molecule has 126 valence electrons. The van der Waals surface area contributed by atoms with Crippen molar-refractivity contribution in [2.45, 2.75) is 16.3 Å². The first-order chi connectivity index (χ1) is 12.1. The highest BCUT2D eigenvalue weighted by molar-refractivity contribution is 7.91. The topological polar surface area (TPSA) is 56.9 Å². The zero-order chi connectivity index (χ0) is 17.4. The quantitative estimate of drug-likeness (QED) is 0.567. The zero-order valence-electron chi connectivity index (χ0n) is 13.7. The molecule has 0 fully saturated rings. The minimum Gasteiger partial charge on any atom is -0.340 e. The van der Waals surface area contributed by atoms with Gasteiger partial charge in [0.1, 0.15) is 0 Å². The molecule has 0 atom stereocenters.